The first-order valence-corrected chi connectivity index (χ1v) is 6.97. The lowest BCUT2D eigenvalue weighted by Gasteiger charge is -2.23. The lowest BCUT2D eigenvalue weighted by atomic mass is 10.2. The normalized spacial score (nSPS) is 19.8. The summed E-state index contributed by atoms with van der Waals surface area (Å²) in [6.07, 6.45) is 3.03. The van der Waals surface area contributed by atoms with Gasteiger partial charge in [0.15, 0.2) is 6.23 Å². The molecule has 0 amide bonds. The summed E-state index contributed by atoms with van der Waals surface area (Å²) in [4.78, 5) is 11.8. The van der Waals surface area contributed by atoms with Crippen molar-refractivity contribution in [2.24, 2.45) is 0 Å². The van der Waals surface area contributed by atoms with Gasteiger partial charge in [0.05, 0.1) is 12.3 Å². The quantitative estimate of drug-likeness (QED) is 0.805. The van der Waals surface area contributed by atoms with Crippen LogP contribution < -0.4 is 0 Å². The third-order valence-electron chi connectivity index (χ3n) is 2.93. The van der Waals surface area contributed by atoms with Gasteiger partial charge in [0.2, 0.25) is 0 Å². The van der Waals surface area contributed by atoms with Crippen LogP contribution in [0.1, 0.15) is 48.5 Å². The van der Waals surface area contributed by atoms with Gasteiger partial charge in [-0.25, -0.2) is 9.48 Å². The Kier molecular flexibility index (Phi) is 4.40. The topological polar surface area (TPSA) is 53.3 Å². The molecular formula is C12H17BrN2O3. The molecule has 1 unspecified atom stereocenters. The van der Waals surface area contributed by atoms with E-state index in [2.05, 4.69) is 21.0 Å². The molecule has 1 saturated heterocycles. The van der Waals surface area contributed by atoms with Crippen LogP contribution in [0.4, 0.5) is 0 Å². The smallest absolute Gasteiger partial charge is 0.342 e. The number of hydrogen-bond acceptors (Lipinski definition) is 4. The molecule has 0 aromatic carbocycles. The predicted molar refractivity (Wildman–Crippen MR) is 69.5 cm³/mol. The second-order valence-electron chi connectivity index (χ2n) is 4.24. The summed E-state index contributed by atoms with van der Waals surface area (Å²) in [6.45, 7) is 4.69. The molecule has 1 fully saturated rings. The molecule has 18 heavy (non-hydrogen) atoms. The molecule has 100 valence electrons. The van der Waals surface area contributed by atoms with Gasteiger partial charge in [-0.2, -0.15) is 5.10 Å². The maximum atomic E-state index is 11.8. The molecule has 0 spiro atoms. The molecule has 1 aliphatic rings. The fourth-order valence-electron chi connectivity index (χ4n) is 2.06. The Morgan fingerprint density at radius 3 is 3.00 bits per heavy atom. The van der Waals surface area contributed by atoms with Gasteiger partial charge in [0.25, 0.3) is 0 Å². The number of aryl methyl sites for hydroxylation is 1. The minimum atomic E-state index is -0.344. The Labute approximate surface area is 115 Å². The highest BCUT2D eigenvalue weighted by molar-refractivity contribution is 9.10. The van der Waals surface area contributed by atoms with Crippen molar-refractivity contribution in [3.8, 4) is 0 Å². The number of aromatic nitrogens is 2. The van der Waals surface area contributed by atoms with Crippen molar-refractivity contribution < 1.29 is 14.3 Å². The highest BCUT2D eigenvalue weighted by atomic mass is 79.9. The number of carbonyl (C=O) groups is 1. The zero-order chi connectivity index (χ0) is 13.1. The van der Waals surface area contributed by atoms with Crippen LogP contribution in [0.5, 0.6) is 0 Å². The van der Waals surface area contributed by atoms with E-state index in [0.29, 0.717) is 22.5 Å². The molecule has 5 nitrogen and oxygen atoms in total. The molecule has 2 rings (SSSR count). The van der Waals surface area contributed by atoms with E-state index in [1.807, 2.05) is 0 Å². The second kappa shape index (κ2) is 5.84. The molecule has 1 aromatic rings. The third-order valence-corrected chi connectivity index (χ3v) is 3.69. The fraction of sp³-hybridized carbons (Fsp3) is 0.667. The molecule has 6 heteroatoms. The lowest BCUT2D eigenvalue weighted by Crippen LogP contribution is -2.19. The molecule has 0 radical (unpaired) electrons. The van der Waals surface area contributed by atoms with Crippen molar-refractivity contribution in [1.82, 2.24) is 9.78 Å². The molecule has 1 atom stereocenters. The van der Waals surface area contributed by atoms with E-state index in [0.717, 1.165) is 25.9 Å². The van der Waals surface area contributed by atoms with Crippen molar-refractivity contribution >= 4 is 21.9 Å². The molecule has 2 heterocycles. The van der Waals surface area contributed by atoms with Gasteiger partial charge in [0.1, 0.15) is 10.2 Å². The third kappa shape index (κ3) is 2.59. The zero-order valence-corrected chi connectivity index (χ0v) is 12.2. The summed E-state index contributed by atoms with van der Waals surface area (Å²) in [7, 11) is 0. The van der Waals surface area contributed by atoms with E-state index in [4.69, 9.17) is 9.47 Å². The SMILES string of the molecule is CCOC(=O)c1c(C)nn(C2CCCCO2)c1Br. The maximum absolute atomic E-state index is 11.8. The first-order valence-electron chi connectivity index (χ1n) is 6.18. The number of carbonyl (C=O) groups excluding carboxylic acids is 1. The van der Waals surface area contributed by atoms with Gasteiger partial charge in [-0.05, 0) is 49.0 Å². The van der Waals surface area contributed by atoms with Crippen molar-refractivity contribution in [2.75, 3.05) is 13.2 Å². The van der Waals surface area contributed by atoms with E-state index < -0.39 is 0 Å². The van der Waals surface area contributed by atoms with Gasteiger partial charge in [0, 0.05) is 6.61 Å². The highest BCUT2D eigenvalue weighted by Gasteiger charge is 2.26. The largest absolute Gasteiger partial charge is 0.462 e. The molecule has 0 aliphatic carbocycles. The molecule has 0 saturated carbocycles. The Balaban J connectivity index is 2.27. The van der Waals surface area contributed by atoms with Crippen molar-refractivity contribution in [3.63, 3.8) is 0 Å². The Morgan fingerprint density at radius 1 is 1.61 bits per heavy atom. The van der Waals surface area contributed by atoms with Crippen LogP contribution in [0.2, 0.25) is 0 Å². The minimum absolute atomic E-state index is 0.0880. The Bertz CT molecular complexity index is 439. The summed E-state index contributed by atoms with van der Waals surface area (Å²) < 4.78 is 13.1. The monoisotopic (exact) mass is 316 g/mol. The van der Waals surface area contributed by atoms with E-state index in [1.165, 1.54) is 0 Å². The molecule has 1 aromatic heterocycles. The van der Waals surface area contributed by atoms with Gasteiger partial charge in [-0.3, -0.25) is 0 Å². The summed E-state index contributed by atoms with van der Waals surface area (Å²) in [5, 5.41) is 4.38. The van der Waals surface area contributed by atoms with Crippen molar-refractivity contribution in [1.29, 1.82) is 0 Å². The van der Waals surface area contributed by atoms with Crippen LogP contribution >= 0.6 is 15.9 Å². The summed E-state index contributed by atoms with van der Waals surface area (Å²) in [5.74, 6) is -0.344. The first kappa shape index (κ1) is 13.5. The molecule has 0 bridgehead atoms. The minimum Gasteiger partial charge on any atom is -0.462 e. The van der Waals surface area contributed by atoms with Crippen molar-refractivity contribution in [3.05, 3.63) is 15.9 Å². The number of esters is 1. The van der Waals surface area contributed by atoms with Crippen LogP contribution in [0.3, 0.4) is 0 Å². The average molecular weight is 317 g/mol. The van der Waals surface area contributed by atoms with Gasteiger partial charge in [-0.1, -0.05) is 0 Å². The van der Waals surface area contributed by atoms with Gasteiger partial charge >= 0.3 is 5.97 Å². The zero-order valence-electron chi connectivity index (χ0n) is 10.6. The molecule has 1 aliphatic heterocycles. The summed E-state index contributed by atoms with van der Waals surface area (Å²) in [5.41, 5.74) is 1.15. The highest BCUT2D eigenvalue weighted by Crippen LogP contribution is 2.29. The lowest BCUT2D eigenvalue weighted by molar-refractivity contribution is -0.0410. The van der Waals surface area contributed by atoms with E-state index in [-0.39, 0.29) is 12.2 Å². The number of nitrogens with zero attached hydrogens (tertiary/aromatic N) is 2. The number of ether oxygens (including phenoxy) is 2. The van der Waals surface area contributed by atoms with Crippen LogP contribution in [0.15, 0.2) is 4.60 Å². The first-order chi connectivity index (χ1) is 8.65. The molecular weight excluding hydrogens is 300 g/mol. The summed E-state index contributed by atoms with van der Waals surface area (Å²) in [6, 6.07) is 0. The van der Waals surface area contributed by atoms with Crippen molar-refractivity contribution in [2.45, 2.75) is 39.3 Å². The second-order valence-corrected chi connectivity index (χ2v) is 4.99. The van der Waals surface area contributed by atoms with Gasteiger partial charge in [-0.15, -0.1) is 0 Å². The number of hydrogen-bond donors (Lipinski definition) is 0. The number of rotatable bonds is 3. The van der Waals surface area contributed by atoms with E-state index in [9.17, 15) is 4.79 Å². The average Bonchev–Trinajstić information content (AvgIpc) is 2.66. The van der Waals surface area contributed by atoms with Crippen LogP contribution in [0, 0.1) is 6.92 Å². The number of halogens is 1. The molecule has 0 N–H and O–H groups in total. The van der Waals surface area contributed by atoms with E-state index in [1.54, 1.807) is 18.5 Å². The van der Waals surface area contributed by atoms with Crippen LogP contribution in [0.25, 0.3) is 0 Å². The van der Waals surface area contributed by atoms with E-state index >= 15 is 0 Å². The van der Waals surface area contributed by atoms with Gasteiger partial charge < -0.3 is 9.47 Å². The van der Waals surface area contributed by atoms with Crippen LogP contribution in [-0.4, -0.2) is 29.0 Å². The van der Waals surface area contributed by atoms with Crippen LogP contribution in [-0.2, 0) is 9.47 Å². The standard InChI is InChI=1S/C12H17BrN2O3/c1-3-17-12(16)10-8(2)14-15(11(10)13)9-6-4-5-7-18-9/h9H,3-7H2,1-2H3. The summed E-state index contributed by atoms with van der Waals surface area (Å²) >= 11 is 3.43. The maximum Gasteiger partial charge on any atom is 0.342 e. The Hall–Kier alpha value is -0.880. The predicted octanol–water partition coefficient (Wildman–Crippen LogP) is 2.83. The fourth-order valence-corrected chi connectivity index (χ4v) is 2.82. The Morgan fingerprint density at radius 2 is 2.39 bits per heavy atom.